The minimum atomic E-state index is 0.207. The molecule has 0 aliphatic heterocycles. The number of hydrogen-bond acceptors (Lipinski definition) is 3. The predicted molar refractivity (Wildman–Crippen MR) is 78.5 cm³/mol. The Morgan fingerprint density at radius 2 is 1.65 bits per heavy atom. The molecule has 0 spiro atoms. The fourth-order valence-electron chi connectivity index (χ4n) is 1.53. The first kappa shape index (κ1) is 15.2. The van der Waals surface area contributed by atoms with Crippen LogP contribution in [-0.4, -0.2) is 22.8 Å². The van der Waals surface area contributed by atoms with Crippen molar-refractivity contribution in [2.75, 3.05) is 0 Å². The Morgan fingerprint density at radius 1 is 1.10 bits per heavy atom. The van der Waals surface area contributed by atoms with Crippen molar-refractivity contribution in [1.82, 2.24) is 0 Å². The van der Waals surface area contributed by atoms with Crippen molar-refractivity contribution in [1.29, 1.82) is 0 Å². The monoisotopic (exact) mass is 272 g/mol. The van der Waals surface area contributed by atoms with Crippen molar-refractivity contribution in [2.45, 2.75) is 6.54 Å². The van der Waals surface area contributed by atoms with Crippen LogP contribution in [0, 0.1) is 10.4 Å². The zero-order chi connectivity index (χ0) is 14.8. The van der Waals surface area contributed by atoms with E-state index in [2.05, 4.69) is 6.72 Å². The number of nitrogens with one attached hydrogen (secondary N) is 1. The van der Waals surface area contributed by atoms with E-state index in [9.17, 15) is 5.21 Å². The standard InChI is InChI=1S/C14H13NO2.CH3NO/c16-14-8-6-13(7-9-14)11-15(17)10-12-4-2-1-3-5-12;1-2-3/h1-10,16H,11H2;2H,1H2. The van der Waals surface area contributed by atoms with Crippen LogP contribution in [-0.2, 0) is 6.54 Å². The first-order valence-corrected chi connectivity index (χ1v) is 5.91. The minimum absolute atomic E-state index is 0.207. The molecule has 2 rings (SSSR count). The Labute approximate surface area is 117 Å². The van der Waals surface area contributed by atoms with Gasteiger partial charge in [-0.1, -0.05) is 18.2 Å². The van der Waals surface area contributed by atoms with Crippen LogP contribution in [0.5, 0.6) is 5.75 Å². The van der Waals surface area contributed by atoms with Gasteiger partial charge >= 0.3 is 0 Å². The lowest BCUT2D eigenvalue weighted by Crippen LogP contribution is -2.56. The molecule has 0 aliphatic rings. The van der Waals surface area contributed by atoms with E-state index in [4.69, 9.17) is 10.3 Å². The van der Waals surface area contributed by atoms with Crippen molar-refractivity contribution in [3.05, 3.63) is 76.1 Å². The molecule has 5 heteroatoms. The van der Waals surface area contributed by atoms with Gasteiger partial charge in [-0.05, 0) is 36.4 Å². The fourth-order valence-corrected chi connectivity index (χ4v) is 1.53. The molecule has 0 radical (unpaired) electrons. The van der Waals surface area contributed by atoms with Gasteiger partial charge in [0.25, 0.3) is 0 Å². The second-order valence-electron chi connectivity index (χ2n) is 3.93. The van der Waals surface area contributed by atoms with Crippen LogP contribution in [0.2, 0.25) is 0 Å². The first-order valence-electron chi connectivity index (χ1n) is 5.91. The SMILES string of the molecule is C=[NH+][O-].[O-][N+](=Cc1ccccc1)Cc1ccc(O)cc1. The summed E-state index contributed by atoms with van der Waals surface area (Å²) >= 11 is 0. The summed E-state index contributed by atoms with van der Waals surface area (Å²) in [5.74, 6) is 0.207. The van der Waals surface area contributed by atoms with E-state index in [1.807, 2.05) is 30.3 Å². The highest BCUT2D eigenvalue weighted by Gasteiger charge is 1.99. The van der Waals surface area contributed by atoms with Gasteiger partial charge in [0.15, 0.2) is 12.8 Å². The van der Waals surface area contributed by atoms with Gasteiger partial charge in [0.1, 0.15) is 12.5 Å². The zero-order valence-corrected chi connectivity index (χ0v) is 10.9. The summed E-state index contributed by atoms with van der Waals surface area (Å²) in [7, 11) is 0. The number of benzene rings is 2. The third kappa shape index (κ3) is 5.68. The van der Waals surface area contributed by atoms with Crippen LogP contribution < -0.4 is 5.16 Å². The topological polar surface area (TPSA) is 83.3 Å². The van der Waals surface area contributed by atoms with Crippen molar-refractivity contribution in [2.24, 2.45) is 0 Å². The molecule has 0 heterocycles. The summed E-state index contributed by atoms with van der Waals surface area (Å²) in [5.41, 5.74) is 1.74. The summed E-state index contributed by atoms with van der Waals surface area (Å²) < 4.78 is 0.877. The highest BCUT2D eigenvalue weighted by atomic mass is 16.5. The molecule has 2 aromatic carbocycles. The summed E-state index contributed by atoms with van der Waals surface area (Å²) in [6, 6.07) is 16.1. The normalized spacial score (nSPS) is 10.3. The minimum Gasteiger partial charge on any atom is -0.626 e. The Balaban J connectivity index is 0.000000612. The molecule has 104 valence electrons. The third-order valence-corrected chi connectivity index (χ3v) is 2.37. The van der Waals surface area contributed by atoms with Gasteiger partial charge in [0.2, 0.25) is 0 Å². The molecular weight excluding hydrogens is 256 g/mol. The summed E-state index contributed by atoms with van der Waals surface area (Å²) in [6.07, 6.45) is 1.55. The van der Waals surface area contributed by atoms with Crippen LogP contribution in [0.1, 0.15) is 11.1 Å². The summed E-state index contributed by atoms with van der Waals surface area (Å²) in [5, 5.41) is 30.6. The number of aromatic hydroxyl groups is 1. The molecule has 0 saturated carbocycles. The van der Waals surface area contributed by atoms with E-state index in [1.54, 1.807) is 30.5 Å². The lowest BCUT2D eigenvalue weighted by molar-refractivity contribution is -0.469. The molecule has 0 atom stereocenters. The Bertz CT molecular complexity index is 551. The Kier molecular flexibility index (Phi) is 6.33. The van der Waals surface area contributed by atoms with Crippen molar-refractivity contribution >= 4 is 12.9 Å². The van der Waals surface area contributed by atoms with Crippen LogP contribution >= 0.6 is 0 Å². The summed E-state index contributed by atoms with van der Waals surface area (Å²) in [6.45, 7) is 2.95. The van der Waals surface area contributed by atoms with Gasteiger partial charge in [0.05, 0.1) is 0 Å². The number of rotatable bonds is 3. The van der Waals surface area contributed by atoms with Crippen LogP contribution in [0.4, 0.5) is 0 Å². The second-order valence-corrected chi connectivity index (χ2v) is 3.93. The van der Waals surface area contributed by atoms with E-state index in [1.165, 1.54) is 5.16 Å². The molecule has 0 aliphatic carbocycles. The highest BCUT2D eigenvalue weighted by Crippen LogP contribution is 2.10. The maximum absolute atomic E-state index is 11.7. The lowest BCUT2D eigenvalue weighted by Gasteiger charge is -2.04. The average Bonchev–Trinajstić information content (AvgIpc) is 2.43. The quantitative estimate of drug-likeness (QED) is 0.375. The van der Waals surface area contributed by atoms with Crippen molar-refractivity contribution < 1.29 is 15.0 Å². The smallest absolute Gasteiger partial charge is 0.182 e. The molecule has 5 nitrogen and oxygen atoms in total. The number of nitrogens with zero attached hydrogens (tertiary/aromatic N) is 1. The van der Waals surface area contributed by atoms with Crippen molar-refractivity contribution in [3.8, 4) is 5.75 Å². The van der Waals surface area contributed by atoms with E-state index in [0.29, 0.717) is 0 Å². The lowest BCUT2D eigenvalue weighted by atomic mass is 10.2. The van der Waals surface area contributed by atoms with E-state index >= 15 is 0 Å². The Morgan fingerprint density at radius 3 is 2.20 bits per heavy atom. The van der Waals surface area contributed by atoms with Gasteiger partial charge in [-0.3, -0.25) is 0 Å². The molecule has 0 fully saturated rings. The Hall–Kier alpha value is -2.82. The van der Waals surface area contributed by atoms with E-state index in [0.717, 1.165) is 15.9 Å². The van der Waals surface area contributed by atoms with E-state index < -0.39 is 0 Å². The van der Waals surface area contributed by atoms with Gasteiger partial charge in [0, 0.05) is 11.1 Å². The first-order chi connectivity index (χ1) is 9.65. The molecule has 0 amide bonds. The molecule has 2 N–H and O–H groups in total. The molecular formula is C15H16N2O3. The number of hydroxylamine groups is 1. The molecule has 0 bridgehead atoms. The van der Waals surface area contributed by atoms with Crippen molar-refractivity contribution in [3.63, 3.8) is 0 Å². The average molecular weight is 272 g/mol. The van der Waals surface area contributed by atoms with Gasteiger partial charge in [-0.25, -0.2) is 9.89 Å². The van der Waals surface area contributed by atoms with Gasteiger partial charge in [-0.15, -0.1) is 0 Å². The predicted octanol–water partition coefficient (Wildman–Crippen LogP) is 0.787. The highest BCUT2D eigenvalue weighted by molar-refractivity contribution is 5.75. The van der Waals surface area contributed by atoms with Crippen LogP contribution in [0.25, 0.3) is 0 Å². The summed E-state index contributed by atoms with van der Waals surface area (Å²) in [4.78, 5) is 0. The number of hydrogen-bond donors (Lipinski definition) is 2. The number of phenolic OH excluding ortho intramolecular Hbond substituents is 1. The van der Waals surface area contributed by atoms with E-state index in [-0.39, 0.29) is 12.3 Å². The van der Waals surface area contributed by atoms with Crippen LogP contribution in [0.3, 0.4) is 0 Å². The maximum atomic E-state index is 11.7. The van der Waals surface area contributed by atoms with Crippen LogP contribution in [0.15, 0.2) is 54.6 Å². The second kappa shape index (κ2) is 8.31. The fraction of sp³-hybridized carbons (Fsp3) is 0.0667. The molecule has 0 saturated heterocycles. The largest absolute Gasteiger partial charge is 0.626 e. The maximum Gasteiger partial charge on any atom is 0.182 e. The number of phenols is 1. The molecule has 0 aromatic heterocycles. The van der Waals surface area contributed by atoms with Gasteiger partial charge < -0.3 is 15.5 Å². The molecule has 2 aromatic rings. The zero-order valence-electron chi connectivity index (χ0n) is 10.9. The van der Waals surface area contributed by atoms with Gasteiger partial charge in [-0.2, -0.15) is 0 Å². The molecule has 20 heavy (non-hydrogen) atoms. The third-order valence-electron chi connectivity index (χ3n) is 2.37. The molecule has 0 unspecified atom stereocenters.